The zero-order valence-electron chi connectivity index (χ0n) is 11.3. The topological polar surface area (TPSA) is 69.6 Å². The molecule has 0 saturated heterocycles. The molecule has 1 atom stereocenters. The van der Waals surface area contributed by atoms with Crippen LogP contribution in [0.3, 0.4) is 0 Å². The summed E-state index contributed by atoms with van der Waals surface area (Å²) in [4.78, 5) is 25.0. The molecule has 2 amide bonds. The monoisotopic (exact) mass is 264 g/mol. The number of rotatable bonds is 5. The lowest BCUT2D eigenvalue weighted by atomic mass is 10.2. The SMILES string of the molecule is CCN(Cc1ccccc1)C(=O)C(=O)NCC(C)O. The molecular formula is C14H20N2O3. The van der Waals surface area contributed by atoms with Crippen LogP contribution >= 0.6 is 0 Å². The zero-order valence-corrected chi connectivity index (χ0v) is 11.3. The van der Waals surface area contributed by atoms with Gasteiger partial charge in [0.25, 0.3) is 0 Å². The van der Waals surface area contributed by atoms with Crippen molar-refractivity contribution in [3.8, 4) is 0 Å². The van der Waals surface area contributed by atoms with Crippen molar-refractivity contribution < 1.29 is 14.7 Å². The van der Waals surface area contributed by atoms with E-state index in [-0.39, 0.29) is 6.54 Å². The van der Waals surface area contributed by atoms with Crippen molar-refractivity contribution >= 4 is 11.8 Å². The number of likely N-dealkylation sites (N-methyl/N-ethyl adjacent to an activating group) is 1. The summed E-state index contributed by atoms with van der Waals surface area (Å²) in [5.74, 6) is -1.26. The molecule has 104 valence electrons. The number of carbonyl (C=O) groups is 2. The van der Waals surface area contributed by atoms with E-state index in [2.05, 4.69) is 5.32 Å². The highest BCUT2D eigenvalue weighted by molar-refractivity contribution is 6.34. The molecule has 0 spiro atoms. The van der Waals surface area contributed by atoms with Crippen LogP contribution in [0.15, 0.2) is 30.3 Å². The van der Waals surface area contributed by atoms with E-state index in [0.717, 1.165) is 5.56 Å². The maximum absolute atomic E-state index is 11.9. The summed E-state index contributed by atoms with van der Waals surface area (Å²) in [6, 6.07) is 9.49. The molecule has 1 unspecified atom stereocenters. The Morgan fingerprint density at radius 3 is 2.47 bits per heavy atom. The number of benzene rings is 1. The van der Waals surface area contributed by atoms with Gasteiger partial charge in [0.05, 0.1) is 6.10 Å². The molecule has 0 aliphatic rings. The maximum atomic E-state index is 11.9. The minimum absolute atomic E-state index is 0.0768. The van der Waals surface area contributed by atoms with Crippen molar-refractivity contribution in [3.63, 3.8) is 0 Å². The van der Waals surface area contributed by atoms with E-state index in [1.165, 1.54) is 4.90 Å². The van der Waals surface area contributed by atoms with Gasteiger partial charge in [0, 0.05) is 19.6 Å². The third-order valence-electron chi connectivity index (χ3n) is 2.64. The summed E-state index contributed by atoms with van der Waals surface area (Å²) in [6.45, 7) is 4.30. The number of hydrogen-bond acceptors (Lipinski definition) is 3. The molecule has 2 N–H and O–H groups in total. The first-order chi connectivity index (χ1) is 9.04. The third-order valence-corrected chi connectivity index (χ3v) is 2.64. The molecule has 5 nitrogen and oxygen atoms in total. The summed E-state index contributed by atoms with van der Waals surface area (Å²) in [5.41, 5.74) is 0.973. The molecule has 1 aromatic rings. The van der Waals surface area contributed by atoms with E-state index < -0.39 is 17.9 Å². The smallest absolute Gasteiger partial charge is 0.312 e. The predicted molar refractivity (Wildman–Crippen MR) is 72.2 cm³/mol. The molecule has 0 heterocycles. The van der Waals surface area contributed by atoms with E-state index in [0.29, 0.717) is 13.1 Å². The van der Waals surface area contributed by atoms with Crippen molar-refractivity contribution in [1.82, 2.24) is 10.2 Å². The highest BCUT2D eigenvalue weighted by Gasteiger charge is 2.20. The Morgan fingerprint density at radius 2 is 1.95 bits per heavy atom. The quantitative estimate of drug-likeness (QED) is 0.762. The molecule has 0 aromatic heterocycles. The number of nitrogens with zero attached hydrogens (tertiary/aromatic N) is 1. The summed E-state index contributed by atoms with van der Waals surface area (Å²) in [6.07, 6.45) is -0.666. The largest absolute Gasteiger partial charge is 0.392 e. The predicted octanol–water partition coefficient (Wildman–Crippen LogP) is 0.532. The van der Waals surface area contributed by atoms with Crippen LogP contribution in [-0.4, -0.2) is 41.0 Å². The standard InChI is InChI=1S/C14H20N2O3/c1-3-16(10-12-7-5-4-6-8-12)14(19)13(18)15-9-11(2)17/h4-8,11,17H,3,9-10H2,1-2H3,(H,15,18). The van der Waals surface area contributed by atoms with Crippen molar-refractivity contribution in [2.45, 2.75) is 26.5 Å². The minimum Gasteiger partial charge on any atom is -0.392 e. The van der Waals surface area contributed by atoms with Crippen LogP contribution in [0.1, 0.15) is 19.4 Å². The number of amides is 2. The van der Waals surface area contributed by atoms with Gasteiger partial charge >= 0.3 is 11.8 Å². The Kier molecular flexibility index (Phi) is 6.02. The normalized spacial score (nSPS) is 11.7. The molecule has 0 bridgehead atoms. The van der Waals surface area contributed by atoms with Gasteiger partial charge in [-0.25, -0.2) is 0 Å². The van der Waals surface area contributed by atoms with E-state index in [1.807, 2.05) is 37.3 Å². The van der Waals surface area contributed by atoms with Crippen LogP contribution in [-0.2, 0) is 16.1 Å². The fourth-order valence-corrected chi connectivity index (χ4v) is 1.59. The fraction of sp³-hybridized carbons (Fsp3) is 0.429. The zero-order chi connectivity index (χ0) is 14.3. The molecule has 0 aliphatic carbocycles. The summed E-state index contributed by atoms with van der Waals surface area (Å²) in [5, 5.41) is 11.5. The Hall–Kier alpha value is -1.88. The number of carbonyl (C=O) groups excluding carboxylic acids is 2. The van der Waals surface area contributed by atoms with Gasteiger partial charge in [-0.05, 0) is 19.4 Å². The Labute approximate surface area is 113 Å². The van der Waals surface area contributed by atoms with E-state index >= 15 is 0 Å². The van der Waals surface area contributed by atoms with Crippen LogP contribution in [0, 0.1) is 0 Å². The van der Waals surface area contributed by atoms with Crippen LogP contribution in [0.25, 0.3) is 0 Å². The molecule has 0 radical (unpaired) electrons. The van der Waals surface area contributed by atoms with Crippen molar-refractivity contribution in [2.75, 3.05) is 13.1 Å². The molecule has 1 rings (SSSR count). The van der Waals surface area contributed by atoms with Crippen LogP contribution in [0.2, 0.25) is 0 Å². The third kappa shape index (κ3) is 5.09. The van der Waals surface area contributed by atoms with Gasteiger partial charge in [-0.1, -0.05) is 30.3 Å². The lowest BCUT2D eigenvalue weighted by molar-refractivity contribution is -0.146. The van der Waals surface area contributed by atoms with Crippen molar-refractivity contribution in [3.05, 3.63) is 35.9 Å². The van der Waals surface area contributed by atoms with Crippen molar-refractivity contribution in [1.29, 1.82) is 0 Å². The average Bonchev–Trinajstić information content (AvgIpc) is 2.42. The first-order valence-electron chi connectivity index (χ1n) is 6.33. The number of aliphatic hydroxyl groups excluding tert-OH is 1. The van der Waals surface area contributed by atoms with Gasteiger partial charge in [-0.2, -0.15) is 0 Å². The molecule has 0 fully saturated rings. The lowest BCUT2D eigenvalue weighted by Crippen LogP contribution is -2.44. The second-order valence-corrected chi connectivity index (χ2v) is 4.36. The van der Waals surface area contributed by atoms with E-state index in [9.17, 15) is 9.59 Å². The lowest BCUT2D eigenvalue weighted by Gasteiger charge is -2.20. The minimum atomic E-state index is -0.682. The van der Waals surface area contributed by atoms with Crippen LogP contribution < -0.4 is 5.32 Å². The van der Waals surface area contributed by atoms with E-state index in [1.54, 1.807) is 6.92 Å². The Bertz CT molecular complexity index is 418. The van der Waals surface area contributed by atoms with Gasteiger partial charge < -0.3 is 15.3 Å². The Balaban J connectivity index is 2.59. The van der Waals surface area contributed by atoms with E-state index in [4.69, 9.17) is 5.11 Å². The summed E-state index contributed by atoms with van der Waals surface area (Å²) < 4.78 is 0. The van der Waals surface area contributed by atoms with Crippen LogP contribution in [0.4, 0.5) is 0 Å². The average molecular weight is 264 g/mol. The van der Waals surface area contributed by atoms with Crippen molar-refractivity contribution in [2.24, 2.45) is 0 Å². The van der Waals surface area contributed by atoms with Gasteiger partial charge in [0.1, 0.15) is 0 Å². The van der Waals surface area contributed by atoms with Gasteiger partial charge in [0.15, 0.2) is 0 Å². The fourth-order valence-electron chi connectivity index (χ4n) is 1.59. The highest BCUT2D eigenvalue weighted by atomic mass is 16.3. The molecule has 1 aromatic carbocycles. The second-order valence-electron chi connectivity index (χ2n) is 4.36. The van der Waals surface area contributed by atoms with Gasteiger partial charge in [-0.15, -0.1) is 0 Å². The molecule has 0 saturated carbocycles. The maximum Gasteiger partial charge on any atom is 0.312 e. The molecule has 19 heavy (non-hydrogen) atoms. The number of nitrogens with one attached hydrogen (secondary N) is 1. The first kappa shape index (κ1) is 15.2. The molecular weight excluding hydrogens is 244 g/mol. The summed E-state index contributed by atoms with van der Waals surface area (Å²) in [7, 11) is 0. The number of hydrogen-bond donors (Lipinski definition) is 2. The first-order valence-corrected chi connectivity index (χ1v) is 6.33. The highest BCUT2D eigenvalue weighted by Crippen LogP contribution is 2.04. The second kappa shape index (κ2) is 7.53. The number of aliphatic hydroxyl groups is 1. The molecule has 5 heteroatoms. The van der Waals surface area contributed by atoms with Gasteiger partial charge in [-0.3, -0.25) is 9.59 Å². The summed E-state index contributed by atoms with van der Waals surface area (Å²) >= 11 is 0. The molecule has 0 aliphatic heterocycles. The van der Waals surface area contributed by atoms with Gasteiger partial charge in [0.2, 0.25) is 0 Å². The Morgan fingerprint density at radius 1 is 1.32 bits per heavy atom. The van der Waals surface area contributed by atoms with Crippen LogP contribution in [0.5, 0.6) is 0 Å².